The van der Waals surface area contributed by atoms with Crippen molar-refractivity contribution in [2.45, 2.75) is 0 Å². The van der Waals surface area contributed by atoms with Gasteiger partial charge in [0.2, 0.25) is 0 Å². The van der Waals surface area contributed by atoms with Gasteiger partial charge in [-0.15, -0.1) is 20.2 Å². The molecule has 106 valence electrons. The van der Waals surface area contributed by atoms with E-state index in [1.165, 1.54) is 0 Å². The number of rotatable bonds is 1. The third-order valence-corrected chi connectivity index (χ3v) is 1.59. The molecule has 2 aromatic heterocycles. The van der Waals surface area contributed by atoms with Crippen molar-refractivity contribution in [3.63, 3.8) is 0 Å². The molecule has 2 aromatic rings. The van der Waals surface area contributed by atoms with E-state index in [1.54, 1.807) is 12.4 Å². The minimum absolute atomic E-state index is 0.915. The minimum Gasteiger partial charge on any atom is -0.328 e. The summed E-state index contributed by atoms with van der Waals surface area (Å²) in [4.78, 5) is 25.1. The summed E-state index contributed by atoms with van der Waals surface area (Å²) >= 11 is 0. The van der Waals surface area contributed by atoms with Crippen molar-refractivity contribution in [3.05, 3.63) is 69.0 Å². The van der Waals surface area contributed by atoms with Crippen molar-refractivity contribution >= 4 is 0 Å². The Balaban J connectivity index is 0.000000380. The normalized spacial score (nSPS) is 8.20. The van der Waals surface area contributed by atoms with Gasteiger partial charge in [-0.05, 0) is 24.3 Å². The molecule has 0 saturated carbocycles. The third kappa shape index (κ3) is 9.89. The number of aromatic nitrogens is 2. The number of hydrogen-bond donors (Lipinski definition) is 2. The molecule has 0 aromatic carbocycles. The lowest BCUT2D eigenvalue weighted by molar-refractivity contribution is -0.742. The van der Waals surface area contributed by atoms with Crippen LogP contribution in [0.15, 0.2) is 48.8 Å². The highest BCUT2D eigenvalue weighted by atomic mass is 16.9. The van der Waals surface area contributed by atoms with Crippen LogP contribution in [0.1, 0.15) is 0 Å². The molecule has 0 aliphatic carbocycles. The van der Waals surface area contributed by atoms with Crippen molar-refractivity contribution in [1.29, 1.82) is 0 Å². The second-order valence-corrected chi connectivity index (χ2v) is 2.91. The van der Waals surface area contributed by atoms with Gasteiger partial charge >= 0.3 is 0 Å². The monoisotopic (exact) mass is 282 g/mol. The minimum atomic E-state index is -1.50. The summed E-state index contributed by atoms with van der Waals surface area (Å²) in [5.74, 6) is 0. The molecule has 0 aliphatic heterocycles. The van der Waals surface area contributed by atoms with E-state index >= 15 is 0 Å². The highest BCUT2D eigenvalue weighted by Crippen LogP contribution is 2.10. The molecule has 2 heterocycles. The molecule has 10 nitrogen and oxygen atoms in total. The Kier molecular flexibility index (Phi) is 8.10. The molecule has 2 rings (SSSR count). The van der Waals surface area contributed by atoms with Crippen LogP contribution in [0.3, 0.4) is 0 Å². The van der Waals surface area contributed by atoms with Crippen LogP contribution in [0.2, 0.25) is 0 Å². The molecule has 20 heavy (non-hydrogen) atoms. The van der Waals surface area contributed by atoms with Gasteiger partial charge in [0.25, 0.3) is 10.2 Å². The number of nitrogens with zero attached hydrogens (tertiary/aromatic N) is 4. The third-order valence-electron chi connectivity index (χ3n) is 1.59. The zero-order valence-corrected chi connectivity index (χ0v) is 9.94. The summed E-state index contributed by atoms with van der Waals surface area (Å²) in [7, 11) is 0. The zero-order valence-electron chi connectivity index (χ0n) is 9.94. The van der Waals surface area contributed by atoms with Crippen molar-refractivity contribution in [2.75, 3.05) is 0 Å². The van der Waals surface area contributed by atoms with Crippen molar-refractivity contribution < 1.29 is 20.6 Å². The summed E-state index contributed by atoms with van der Waals surface area (Å²) < 4.78 is 0. The SMILES string of the molecule is O=[N+]([O-])O.O=[N+]([O-])O.c1ccc(-c2ccccn2)nc1. The van der Waals surface area contributed by atoms with E-state index in [9.17, 15) is 0 Å². The van der Waals surface area contributed by atoms with Gasteiger partial charge in [-0.1, -0.05) is 12.1 Å². The molecule has 0 unspecified atom stereocenters. The average molecular weight is 282 g/mol. The fraction of sp³-hybridized carbons (Fsp3) is 0. The van der Waals surface area contributed by atoms with Crippen molar-refractivity contribution in [2.24, 2.45) is 0 Å². The Bertz CT molecular complexity index is 464. The molecule has 0 fully saturated rings. The van der Waals surface area contributed by atoms with Gasteiger partial charge in [0, 0.05) is 12.4 Å². The lowest BCUT2D eigenvalue weighted by atomic mass is 10.2. The van der Waals surface area contributed by atoms with Crippen LogP contribution in [-0.2, 0) is 0 Å². The van der Waals surface area contributed by atoms with E-state index in [4.69, 9.17) is 30.6 Å². The standard InChI is InChI=1S/C10H8N2.2HNO3/c1-3-7-11-9(5-1)10-6-2-4-8-12-10;2*2-1(3)4/h1-8H;2*(H,2,3,4). The predicted octanol–water partition coefficient (Wildman–Crippen LogP) is 1.45. The molecule has 0 aliphatic rings. The first kappa shape index (κ1) is 16.7. The lowest BCUT2D eigenvalue weighted by Gasteiger charge is -1.96. The molecular formula is C10H10N4O6. The molecule has 0 amide bonds. The summed E-state index contributed by atoms with van der Waals surface area (Å²) in [5.41, 5.74) is 1.83. The second kappa shape index (κ2) is 9.70. The first-order chi connectivity index (χ1) is 9.43. The van der Waals surface area contributed by atoms with Gasteiger partial charge in [0.05, 0.1) is 11.4 Å². The molecule has 10 heteroatoms. The van der Waals surface area contributed by atoms with Crippen LogP contribution >= 0.6 is 0 Å². The van der Waals surface area contributed by atoms with E-state index in [2.05, 4.69) is 9.97 Å². The molecule has 2 N–H and O–H groups in total. The number of pyridine rings is 2. The number of hydrogen-bond acceptors (Lipinski definition) is 6. The summed E-state index contributed by atoms with van der Waals surface area (Å²) in [6, 6.07) is 11.6. The fourth-order valence-electron chi connectivity index (χ4n) is 1.03. The van der Waals surface area contributed by atoms with Gasteiger partial charge in [-0.2, -0.15) is 0 Å². The maximum atomic E-state index is 8.36. The Morgan fingerprint density at radius 3 is 1.30 bits per heavy atom. The molecule has 0 saturated heterocycles. The first-order valence-corrected chi connectivity index (χ1v) is 4.92. The van der Waals surface area contributed by atoms with Crippen LogP contribution in [-0.4, -0.2) is 30.6 Å². The smallest absolute Gasteiger partial charge is 0.291 e. The van der Waals surface area contributed by atoms with Crippen LogP contribution in [0.4, 0.5) is 0 Å². The Morgan fingerprint density at radius 1 is 0.800 bits per heavy atom. The molecule has 0 bridgehead atoms. The summed E-state index contributed by atoms with van der Waals surface area (Å²) in [5, 5.41) is 27.3. The van der Waals surface area contributed by atoms with Gasteiger partial charge in [-0.25, -0.2) is 0 Å². The maximum absolute atomic E-state index is 8.36. The second-order valence-electron chi connectivity index (χ2n) is 2.91. The predicted molar refractivity (Wildman–Crippen MR) is 65.0 cm³/mol. The van der Waals surface area contributed by atoms with Gasteiger partial charge in [-0.3, -0.25) is 9.97 Å². The van der Waals surface area contributed by atoms with E-state index < -0.39 is 10.2 Å². The summed E-state index contributed by atoms with van der Waals surface area (Å²) in [6.45, 7) is 0. The van der Waals surface area contributed by atoms with Gasteiger partial charge < -0.3 is 10.4 Å². The largest absolute Gasteiger partial charge is 0.328 e. The van der Waals surface area contributed by atoms with Crippen molar-refractivity contribution in [1.82, 2.24) is 9.97 Å². The highest BCUT2D eigenvalue weighted by molar-refractivity contribution is 5.52. The van der Waals surface area contributed by atoms with Crippen molar-refractivity contribution in [3.8, 4) is 11.4 Å². The quantitative estimate of drug-likeness (QED) is 0.588. The maximum Gasteiger partial charge on any atom is 0.291 e. The molecule has 0 atom stereocenters. The van der Waals surface area contributed by atoms with E-state index in [0.29, 0.717) is 0 Å². The Hall–Kier alpha value is -3.30. The molecule has 0 spiro atoms. The van der Waals surface area contributed by atoms with Gasteiger partial charge in [0.15, 0.2) is 0 Å². The van der Waals surface area contributed by atoms with Crippen LogP contribution < -0.4 is 0 Å². The van der Waals surface area contributed by atoms with Crippen LogP contribution in [0.25, 0.3) is 11.4 Å². The molecule has 0 radical (unpaired) electrons. The van der Waals surface area contributed by atoms with E-state index in [0.717, 1.165) is 11.4 Å². The van der Waals surface area contributed by atoms with Crippen LogP contribution in [0.5, 0.6) is 0 Å². The highest BCUT2D eigenvalue weighted by Gasteiger charge is 1.95. The van der Waals surface area contributed by atoms with E-state index in [1.807, 2.05) is 36.4 Å². The fourth-order valence-corrected chi connectivity index (χ4v) is 1.03. The zero-order chi connectivity index (χ0) is 15.4. The average Bonchev–Trinajstić information content (AvgIpc) is 2.39. The Labute approximate surface area is 112 Å². The lowest BCUT2D eigenvalue weighted by Crippen LogP contribution is -1.83. The molecular weight excluding hydrogens is 272 g/mol. The first-order valence-electron chi connectivity index (χ1n) is 4.92. The van der Waals surface area contributed by atoms with Gasteiger partial charge in [0.1, 0.15) is 0 Å². The topological polar surface area (TPSA) is 153 Å². The Morgan fingerprint density at radius 2 is 1.10 bits per heavy atom. The van der Waals surface area contributed by atoms with Crippen LogP contribution in [0, 0.1) is 20.2 Å². The summed E-state index contributed by atoms with van der Waals surface area (Å²) in [6.07, 6.45) is 3.54. The van der Waals surface area contributed by atoms with E-state index in [-0.39, 0.29) is 0 Å².